The second kappa shape index (κ2) is 8.07. The average Bonchev–Trinajstić information content (AvgIpc) is 3.00. The molecule has 1 saturated carbocycles. The second-order valence-corrected chi connectivity index (χ2v) is 7.66. The van der Waals surface area contributed by atoms with Crippen molar-refractivity contribution in [2.45, 2.75) is 50.2 Å². The van der Waals surface area contributed by atoms with Crippen molar-refractivity contribution in [1.29, 1.82) is 0 Å². The maximum Gasteiger partial charge on any atom is 0.339 e. The van der Waals surface area contributed by atoms with E-state index < -0.39 is 17.5 Å². The Morgan fingerprint density at radius 1 is 1.00 bits per heavy atom. The van der Waals surface area contributed by atoms with Crippen LogP contribution in [0.1, 0.15) is 54.4 Å². The third-order valence-corrected chi connectivity index (χ3v) is 5.63. The predicted molar refractivity (Wildman–Crippen MR) is 108 cm³/mol. The highest BCUT2D eigenvalue weighted by Gasteiger charge is 2.52. The molecule has 2 aliphatic rings. The van der Waals surface area contributed by atoms with Crippen LogP contribution >= 0.6 is 0 Å². The highest BCUT2D eigenvalue weighted by molar-refractivity contribution is 6.09. The lowest BCUT2D eigenvalue weighted by atomic mass is 9.90. The molecule has 0 bridgehead atoms. The Labute approximate surface area is 169 Å². The Kier molecular flexibility index (Phi) is 5.34. The van der Waals surface area contributed by atoms with E-state index >= 15 is 0 Å². The Balaban J connectivity index is 1.62. The standard InChI is InChI=1S/C23H24N2O4/c26-20(24-17-11-5-2-6-12-17)15-23(29-21(27)16-9-3-1-4-10-16)18-13-7-8-14-19(18)25-22(23)28/h1,3-4,7-10,13-14,17H,2,5-6,11-12,15H2,(H,24,26)(H,25,28). The Hall–Kier alpha value is -3.15. The fourth-order valence-electron chi connectivity index (χ4n) is 4.15. The molecule has 1 aliphatic carbocycles. The minimum absolute atomic E-state index is 0.109. The van der Waals surface area contributed by atoms with Crippen molar-refractivity contribution < 1.29 is 19.1 Å². The van der Waals surface area contributed by atoms with Gasteiger partial charge in [0.05, 0.1) is 12.0 Å². The van der Waals surface area contributed by atoms with E-state index in [0.717, 1.165) is 25.7 Å². The minimum Gasteiger partial charge on any atom is -0.440 e. The van der Waals surface area contributed by atoms with E-state index in [0.29, 0.717) is 16.8 Å². The van der Waals surface area contributed by atoms with Crippen molar-refractivity contribution in [3.8, 4) is 0 Å². The summed E-state index contributed by atoms with van der Waals surface area (Å²) in [5.74, 6) is -1.42. The van der Waals surface area contributed by atoms with Gasteiger partial charge in [-0.15, -0.1) is 0 Å². The van der Waals surface area contributed by atoms with Crippen molar-refractivity contribution in [2.24, 2.45) is 0 Å². The van der Waals surface area contributed by atoms with Crippen LogP contribution in [0.15, 0.2) is 54.6 Å². The van der Waals surface area contributed by atoms with Crippen LogP contribution in [-0.2, 0) is 19.9 Å². The summed E-state index contributed by atoms with van der Waals surface area (Å²) in [6.07, 6.45) is 4.98. The topological polar surface area (TPSA) is 84.5 Å². The summed E-state index contributed by atoms with van der Waals surface area (Å²) in [4.78, 5) is 38.6. The van der Waals surface area contributed by atoms with E-state index in [1.807, 2.05) is 0 Å². The van der Waals surface area contributed by atoms with Crippen LogP contribution in [0, 0.1) is 0 Å². The lowest BCUT2D eigenvalue weighted by Gasteiger charge is -2.29. The zero-order valence-corrected chi connectivity index (χ0v) is 16.1. The van der Waals surface area contributed by atoms with Gasteiger partial charge in [0.1, 0.15) is 0 Å². The van der Waals surface area contributed by atoms with Crippen LogP contribution in [-0.4, -0.2) is 23.8 Å². The molecule has 1 atom stereocenters. The molecule has 2 aromatic carbocycles. The van der Waals surface area contributed by atoms with Crippen LogP contribution in [0.3, 0.4) is 0 Å². The molecule has 6 heteroatoms. The molecule has 0 saturated heterocycles. The van der Waals surface area contributed by atoms with E-state index in [2.05, 4.69) is 10.6 Å². The fourth-order valence-corrected chi connectivity index (χ4v) is 4.15. The second-order valence-electron chi connectivity index (χ2n) is 7.66. The van der Waals surface area contributed by atoms with Crippen LogP contribution in [0.2, 0.25) is 0 Å². The van der Waals surface area contributed by atoms with E-state index in [4.69, 9.17) is 4.74 Å². The van der Waals surface area contributed by atoms with E-state index in [1.54, 1.807) is 54.6 Å². The summed E-state index contributed by atoms with van der Waals surface area (Å²) in [6, 6.07) is 15.6. The molecular weight excluding hydrogens is 368 g/mol. The molecule has 1 fully saturated rings. The number of benzene rings is 2. The largest absolute Gasteiger partial charge is 0.440 e. The van der Waals surface area contributed by atoms with Crippen LogP contribution in [0.4, 0.5) is 5.69 Å². The zero-order valence-electron chi connectivity index (χ0n) is 16.1. The van der Waals surface area contributed by atoms with Gasteiger partial charge >= 0.3 is 5.97 Å². The number of esters is 1. The Bertz CT molecular complexity index is 921. The average molecular weight is 392 g/mol. The molecule has 0 radical (unpaired) electrons. The maximum absolute atomic E-state index is 13.0. The van der Waals surface area contributed by atoms with Crippen LogP contribution in [0.25, 0.3) is 0 Å². The molecule has 2 aromatic rings. The number of hydrogen-bond donors (Lipinski definition) is 2. The summed E-state index contributed by atoms with van der Waals surface area (Å²) in [5.41, 5.74) is -0.281. The first-order valence-electron chi connectivity index (χ1n) is 10.1. The number of anilines is 1. The van der Waals surface area contributed by atoms with Gasteiger partial charge in [-0.1, -0.05) is 55.7 Å². The van der Waals surface area contributed by atoms with Crippen molar-refractivity contribution >= 4 is 23.5 Å². The number of rotatable bonds is 5. The molecule has 1 aliphatic heterocycles. The van der Waals surface area contributed by atoms with Crippen LogP contribution in [0.5, 0.6) is 0 Å². The van der Waals surface area contributed by atoms with Gasteiger partial charge in [0, 0.05) is 17.3 Å². The number of para-hydroxylation sites is 1. The molecule has 0 aromatic heterocycles. The van der Waals surface area contributed by atoms with Gasteiger partial charge in [-0.2, -0.15) is 0 Å². The van der Waals surface area contributed by atoms with Gasteiger partial charge in [0.15, 0.2) is 0 Å². The summed E-state index contributed by atoms with van der Waals surface area (Å²) in [6.45, 7) is 0. The van der Waals surface area contributed by atoms with Gasteiger partial charge in [-0.05, 0) is 31.0 Å². The third kappa shape index (κ3) is 3.88. The molecule has 1 unspecified atom stereocenters. The number of hydrogen-bond acceptors (Lipinski definition) is 4. The number of amides is 2. The lowest BCUT2D eigenvalue weighted by molar-refractivity contribution is -0.142. The normalized spacial score (nSPS) is 21.2. The molecule has 2 N–H and O–H groups in total. The first kappa shape index (κ1) is 19.2. The van der Waals surface area contributed by atoms with Crippen molar-refractivity contribution in [3.63, 3.8) is 0 Å². The molecule has 2 amide bonds. The van der Waals surface area contributed by atoms with Gasteiger partial charge < -0.3 is 15.4 Å². The van der Waals surface area contributed by atoms with E-state index in [-0.39, 0.29) is 18.4 Å². The number of nitrogens with one attached hydrogen (secondary N) is 2. The smallest absolute Gasteiger partial charge is 0.339 e. The highest BCUT2D eigenvalue weighted by atomic mass is 16.6. The summed E-state index contributed by atoms with van der Waals surface area (Å²) in [5, 5.41) is 5.78. The molecule has 6 nitrogen and oxygen atoms in total. The Morgan fingerprint density at radius 3 is 2.45 bits per heavy atom. The van der Waals surface area contributed by atoms with Crippen molar-refractivity contribution in [3.05, 3.63) is 65.7 Å². The number of carbonyl (C=O) groups excluding carboxylic acids is 3. The monoisotopic (exact) mass is 392 g/mol. The molecule has 1 heterocycles. The molecule has 4 rings (SSSR count). The van der Waals surface area contributed by atoms with Crippen LogP contribution < -0.4 is 10.6 Å². The number of ether oxygens (including phenoxy) is 1. The summed E-state index contributed by atoms with van der Waals surface area (Å²) in [7, 11) is 0. The SMILES string of the molecule is O=C(CC1(OC(=O)c2ccccc2)C(=O)Nc2ccccc21)NC1CCCCC1. The highest BCUT2D eigenvalue weighted by Crippen LogP contribution is 2.42. The predicted octanol–water partition coefficient (Wildman–Crippen LogP) is 3.53. The summed E-state index contributed by atoms with van der Waals surface area (Å²) < 4.78 is 5.77. The molecular formula is C23H24N2O4. The quantitative estimate of drug-likeness (QED) is 0.763. The van der Waals surface area contributed by atoms with E-state index in [9.17, 15) is 14.4 Å². The first-order valence-corrected chi connectivity index (χ1v) is 10.1. The van der Waals surface area contributed by atoms with Crippen molar-refractivity contribution in [1.82, 2.24) is 5.32 Å². The lowest BCUT2D eigenvalue weighted by Crippen LogP contribution is -2.46. The minimum atomic E-state index is -1.68. The van der Waals surface area contributed by atoms with Gasteiger partial charge in [-0.3, -0.25) is 9.59 Å². The summed E-state index contributed by atoms with van der Waals surface area (Å²) >= 11 is 0. The Morgan fingerprint density at radius 2 is 1.69 bits per heavy atom. The number of fused-ring (bicyclic) bond motifs is 1. The molecule has 29 heavy (non-hydrogen) atoms. The van der Waals surface area contributed by atoms with Crippen molar-refractivity contribution in [2.75, 3.05) is 5.32 Å². The maximum atomic E-state index is 13.0. The first-order chi connectivity index (χ1) is 14.1. The van der Waals surface area contributed by atoms with Gasteiger partial charge in [-0.25, -0.2) is 4.79 Å². The number of carbonyl (C=O) groups is 3. The van der Waals surface area contributed by atoms with Gasteiger partial charge in [0.2, 0.25) is 11.5 Å². The fraction of sp³-hybridized carbons (Fsp3) is 0.348. The molecule has 0 spiro atoms. The zero-order chi connectivity index (χ0) is 20.3. The third-order valence-electron chi connectivity index (χ3n) is 5.63. The van der Waals surface area contributed by atoms with E-state index in [1.165, 1.54) is 6.42 Å². The molecule has 150 valence electrons. The van der Waals surface area contributed by atoms with Gasteiger partial charge in [0.25, 0.3) is 5.91 Å².